The van der Waals surface area contributed by atoms with Crippen LogP contribution in [0.15, 0.2) is 42.1 Å². The Bertz CT molecular complexity index is 621. The van der Waals surface area contributed by atoms with Gasteiger partial charge < -0.3 is 9.88 Å². The SMILES string of the molecule is C=CCn1c(SCC(=O)NCCCC)nc2ccccc21. The van der Waals surface area contributed by atoms with Crippen LogP contribution in [0.25, 0.3) is 11.0 Å². The van der Waals surface area contributed by atoms with Crippen molar-refractivity contribution in [3.05, 3.63) is 36.9 Å². The highest BCUT2D eigenvalue weighted by atomic mass is 32.2. The maximum atomic E-state index is 11.8. The van der Waals surface area contributed by atoms with Gasteiger partial charge in [0.25, 0.3) is 0 Å². The van der Waals surface area contributed by atoms with Gasteiger partial charge in [-0.15, -0.1) is 6.58 Å². The third-order valence-corrected chi connectivity index (χ3v) is 4.09. The number of nitrogens with zero attached hydrogens (tertiary/aromatic N) is 2. The molecule has 2 aromatic rings. The Morgan fingerprint density at radius 1 is 1.48 bits per heavy atom. The third-order valence-electron chi connectivity index (χ3n) is 3.12. The van der Waals surface area contributed by atoms with E-state index in [9.17, 15) is 4.79 Å². The Kier molecular flexibility index (Phi) is 5.87. The number of allylic oxidation sites excluding steroid dienone is 1. The molecule has 1 heterocycles. The Labute approximate surface area is 129 Å². The molecule has 0 atom stereocenters. The zero-order chi connectivity index (χ0) is 15.1. The number of benzene rings is 1. The summed E-state index contributed by atoms with van der Waals surface area (Å²) in [7, 11) is 0. The number of para-hydroxylation sites is 2. The number of aromatic nitrogens is 2. The predicted molar refractivity (Wildman–Crippen MR) is 88.6 cm³/mol. The molecular formula is C16H21N3OS. The normalized spacial score (nSPS) is 10.7. The van der Waals surface area contributed by atoms with E-state index in [0.29, 0.717) is 12.3 Å². The first kappa shape index (κ1) is 15.6. The summed E-state index contributed by atoms with van der Waals surface area (Å²) in [5.74, 6) is 0.454. The number of nitrogens with one attached hydrogen (secondary N) is 1. The van der Waals surface area contributed by atoms with E-state index in [0.717, 1.165) is 35.6 Å². The minimum Gasteiger partial charge on any atom is -0.355 e. The lowest BCUT2D eigenvalue weighted by Crippen LogP contribution is -2.26. The lowest BCUT2D eigenvalue weighted by molar-refractivity contribution is -0.118. The average Bonchev–Trinajstić information content (AvgIpc) is 2.84. The van der Waals surface area contributed by atoms with Crippen LogP contribution < -0.4 is 5.32 Å². The fourth-order valence-corrected chi connectivity index (χ4v) is 2.91. The number of hydrogen-bond acceptors (Lipinski definition) is 3. The second-order valence-electron chi connectivity index (χ2n) is 4.77. The molecule has 5 heteroatoms. The monoisotopic (exact) mass is 303 g/mol. The summed E-state index contributed by atoms with van der Waals surface area (Å²) in [4.78, 5) is 16.4. The number of hydrogen-bond donors (Lipinski definition) is 1. The van der Waals surface area contributed by atoms with Crippen LogP contribution in [0.4, 0.5) is 0 Å². The van der Waals surface area contributed by atoms with Crippen molar-refractivity contribution in [1.82, 2.24) is 14.9 Å². The zero-order valence-corrected chi connectivity index (χ0v) is 13.2. The second-order valence-corrected chi connectivity index (χ2v) is 5.72. The molecule has 0 spiro atoms. The Hall–Kier alpha value is -1.75. The maximum Gasteiger partial charge on any atom is 0.230 e. The molecular weight excluding hydrogens is 282 g/mol. The fourth-order valence-electron chi connectivity index (χ4n) is 2.05. The van der Waals surface area contributed by atoms with Crippen molar-refractivity contribution >= 4 is 28.7 Å². The highest BCUT2D eigenvalue weighted by Gasteiger charge is 2.11. The summed E-state index contributed by atoms with van der Waals surface area (Å²) >= 11 is 1.47. The number of carbonyl (C=O) groups excluding carboxylic acids is 1. The Morgan fingerprint density at radius 3 is 3.05 bits per heavy atom. The minimum atomic E-state index is 0.0608. The first-order chi connectivity index (χ1) is 10.3. The molecule has 2 rings (SSSR count). The van der Waals surface area contributed by atoms with Gasteiger partial charge in [0, 0.05) is 13.1 Å². The standard InChI is InChI=1S/C16H21N3OS/c1-3-5-10-17-15(20)12-21-16-18-13-8-6-7-9-14(13)19(16)11-4-2/h4,6-9H,2-3,5,10-12H2,1H3,(H,17,20). The highest BCUT2D eigenvalue weighted by molar-refractivity contribution is 7.99. The summed E-state index contributed by atoms with van der Waals surface area (Å²) in [6.45, 7) is 7.34. The number of carbonyl (C=O) groups is 1. The molecule has 0 unspecified atom stereocenters. The Balaban J connectivity index is 2.05. The quantitative estimate of drug-likeness (QED) is 0.463. The largest absolute Gasteiger partial charge is 0.355 e. The van der Waals surface area contributed by atoms with Crippen LogP contribution in [-0.2, 0) is 11.3 Å². The van der Waals surface area contributed by atoms with Crippen molar-refractivity contribution in [3.63, 3.8) is 0 Å². The topological polar surface area (TPSA) is 46.9 Å². The van der Waals surface area contributed by atoms with Gasteiger partial charge in [0.05, 0.1) is 16.8 Å². The first-order valence-corrected chi connectivity index (χ1v) is 8.20. The van der Waals surface area contributed by atoms with Gasteiger partial charge >= 0.3 is 0 Å². The average molecular weight is 303 g/mol. The summed E-state index contributed by atoms with van der Waals surface area (Å²) < 4.78 is 2.09. The van der Waals surface area contributed by atoms with E-state index in [4.69, 9.17) is 0 Å². The van der Waals surface area contributed by atoms with Crippen molar-refractivity contribution in [2.45, 2.75) is 31.5 Å². The molecule has 1 aromatic heterocycles. The molecule has 0 saturated heterocycles. The molecule has 112 valence electrons. The molecule has 21 heavy (non-hydrogen) atoms. The number of rotatable bonds is 8. The van der Waals surface area contributed by atoms with E-state index in [-0.39, 0.29) is 5.91 Å². The van der Waals surface area contributed by atoms with Crippen LogP contribution in [0.1, 0.15) is 19.8 Å². The number of amides is 1. The number of thioether (sulfide) groups is 1. The highest BCUT2D eigenvalue weighted by Crippen LogP contribution is 2.23. The molecule has 0 bridgehead atoms. The molecule has 1 aromatic carbocycles. The molecule has 0 radical (unpaired) electrons. The van der Waals surface area contributed by atoms with E-state index in [2.05, 4.69) is 28.4 Å². The van der Waals surface area contributed by atoms with Crippen LogP contribution in [0.2, 0.25) is 0 Å². The Morgan fingerprint density at radius 2 is 2.29 bits per heavy atom. The molecule has 1 N–H and O–H groups in total. The third kappa shape index (κ3) is 4.11. The number of fused-ring (bicyclic) bond motifs is 1. The van der Waals surface area contributed by atoms with E-state index in [1.807, 2.05) is 30.3 Å². The van der Waals surface area contributed by atoms with Gasteiger partial charge in [-0.3, -0.25) is 4.79 Å². The zero-order valence-electron chi connectivity index (χ0n) is 12.3. The summed E-state index contributed by atoms with van der Waals surface area (Å²) in [6.07, 6.45) is 3.95. The van der Waals surface area contributed by atoms with Gasteiger partial charge in [-0.1, -0.05) is 43.3 Å². The van der Waals surface area contributed by atoms with E-state index in [1.165, 1.54) is 11.8 Å². The molecule has 0 aliphatic carbocycles. The molecule has 0 aliphatic rings. The van der Waals surface area contributed by atoms with Crippen molar-refractivity contribution < 1.29 is 4.79 Å². The van der Waals surface area contributed by atoms with Crippen molar-refractivity contribution in [2.75, 3.05) is 12.3 Å². The lowest BCUT2D eigenvalue weighted by Gasteiger charge is -2.06. The van der Waals surface area contributed by atoms with Crippen molar-refractivity contribution in [3.8, 4) is 0 Å². The van der Waals surface area contributed by atoms with Crippen LogP contribution in [-0.4, -0.2) is 27.8 Å². The van der Waals surface area contributed by atoms with E-state index >= 15 is 0 Å². The summed E-state index contributed by atoms with van der Waals surface area (Å²) in [6, 6.07) is 7.99. The van der Waals surface area contributed by atoms with Gasteiger partial charge in [-0.2, -0.15) is 0 Å². The van der Waals surface area contributed by atoms with Crippen LogP contribution in [0.3, 0.4) is 0 Å². The molecule has 0 saturated carbocycles. The number of imidazole rings is 1. The van der Waals surface area contributed by atoms with Crippen LogP contribution in [0, 0.1) is 0 Å². The van der Waals surface area contributed by atoms with Gasteiger partial charge in [0.1, 0.15) is 0 Å². The molecule has 4 nitrogen and oxygen atoms in total. The molecule has 0 fully saturated rings. The van der Waals surface area contributed by atoms with Crippen molar-refractivity contribution in [2.24, 2.45) is 0 Å². The van der Waals surface area contributed by atoms with E-state index < -0.39 is 0 Å². The lowest BCUT2D eigenvalue weighted by atomic mass is 10.3. The minimum absolute atomic E-state index is 0.0608. The van der Waals surface area contributed by atoms with Crippen LogP contribution >= 0.6 is 11.8 Å². The van der Waals surface area contributed by atoms with Gasteiger partial charge in [-0.25, -0.2) is 4.98 Å². The second kappa shape index (κ2) is 7.88. The number of unbranched alkanes of at least 4 members (excludes halogenated alkanes) is 1. The van der Waals surface area contributed by atoms with E-state index in [1.54, 1.807) is 0 Å². The predicted octanol–water partition coefficient (Wildman–Crippen LogP) is 3.23. The fraction of sp³-hybridized carbons (Fsp3) is 0.375. The molecule has 1 amide bonds. The van der Waals surface area contributed by atoms with Crippen molar-refractivity contribution in [1.29, 1.82) is 0 Å². The van der Waals surface area contributed by atoms with Gasteiger partial charge in [0.2, 0.25) is 5.91 Å². The molecule has 0 aliphatic heterocycles. The van der Waals surface area contributed by atoms with Crippen LogP contribution in [0.5, 0.6) is 0 Å². The maximum absolute atomic E-state index is 11.8. The first-order valence-electron chi connectivity index (χ1n) is 7.22. The smallest absolute Gasteiger partial charge is 0.230 e. The van der Waals surface area contributed by atoms with Gasteiger partial charge in [-0.05, 0) is 18.6 Å². The van der Waals surface area contributed by atoms with Gasteiger partial charge in [0.15, 0.2) is 5.16 Å². The summed E-state index contributed by atoms with van der Waals surface area (Å²) in [5.41, 5.74) is 2.03. The summed E-state index contributed by atoms with van der Waals surface area (Å²) in [5, 5.41) is 3.78.